The molecule has 1 aliphatic rings. The van der Waals surface area contributed by atoms with Crippen molar-refractivity contribution < 1.29 is 0 Å². The van der Waals surface area contributed by atoms with Gasteiger partial charge in [0.25, 0.3) is 0 Å². The zero-order chi connectivity index (χ0) is 9.52. The first-order valence-electron chi connectivity index (χ1n) is 5.73. The van der Waals surface area contributed by atoms with Crippen LogP contribution >= 0.6 is 0 Å². The van der Waals surface area contributed by atoms with Gasteiger partial charge in [-0.3, -0.25) is 0 Å². The van der Waals surface area contributed by atoms with E-state index in [1.165, 1.54) is 45.2 Å². The lowest BCUT2D eigenvalue weighted by Crippen LogP contribution is -2.19. The van der Waals surface area contributed by atoms with Crippen LogP contribution in [-0.2, 0) is 0 Å². The van der Waals surface area contributed by atoms with Crippen molar-refractivity contribution in [3.05, 3.63) is 0 Å². The van der Waals surface area contributed by atoms with Gasteiger partial charge in [-0.15, -0.1) is 0 Å². The highest BCUT2D eigenvalue weighted by Crippen LogP contribution is 2.31. The zero-order valence-electron chi connectivity index (χ0n) is 8.89. The van der Waals surface area contributed by atoms with Crippen LogP contribution in [0.15, 0.2) is 0 Å². The maximum absolute atomic E-state index is 5.54. The van der Waals surface area contributed by atoms with E-state index in [1.807, 2.05) is 0 Å². The molecule has 1 aliphatic carbocycles. The molecule has 1 saturated carbocycles. The van der Waals surface area contributed by atoms with Crippen LogP contribution in [0.5, 0.6) is 0 Å². The van der Waals surface area contributed by atoms with Crippen molar-refractivity contribution in [3.8, 4) is 0 Å². The lowest BCUT2D eigenvalue weighted by atomic mass is 10.1. The molecule has 2 nitrogen and oxygen atoms in total. The predicted molar refractivity (Wildman–Crippen MR) is 57.7 cm³/mol. The Morgan fingerprint density at radius 2 is 2.15 bits per heavy atom. The molecular weight excluding hydrogens is 160 g/mol. The Morgan fingerprint density at radius 1 is 1.38 bits per heavy atom. The summed E-state index contributed by atoms with van der Waals surface area (Å²) in [6, 6.07) is 0. The predicted octanol–water partition coefficient (Wildman–Crippen LogP) is 1.75. The summed E-state index contributed by atoms with van der Waals surface area (Å²) in [5.41, 5.74) is 5.54. The monoisotopic (exact) mass is 184 g/mol. The van der Waals surface area contributed by atoms with E-state index in [4.69, 9.17) is 5.73 Å². The molecule has 0 aromatic heterocycles. The molecular formula is C11H24N2. The van der Waals surface area contributed by atoms with Crippen molar-refractivity contribution >= 4 is 0 Å². The molecule has 1 rings (SSSR count). The largest absolute Gasteiger partial charge is 0.330 e. The number of hydrogen-bond donors (Lipinski definition) is 2. The van der Waals surface area contributed by atoms with Gasteiger partial charge in [-0.2, -0.15) is 0 Å². The smallest absolute Gasteiger partial charge is 0.00463 e. The van der Waals surface area contributed by atoms with E-state index in [0.29, 0.717) is 5.92 Å². The molecule has 0 aliphatic heterocycles. The molecule has 2 heteroatoms. The van der Waals surface area contributed by atoms with Gasteiger partial charge >= 0.3 is 0 Å². The maximum Gasteiger partial charge on any atom is -0.00463 e. The third kappa shape index (κ3) is 6.05. The lowest BCUT2D eigenvalue weighted by Gasteiger charge is -2.08. The van der Waals surface area contributed by atoms with E-state index in [1.54, 1.807) is 0 Å². The molecule has 0 bridgehead atoms. The van der Waals surface area contributed by atoms with E-state index in [0.717, 1.165) is 12.5 Å². The quantitative estimate of drug-likeness (QED) is 0.564. The fourth-order valence-electron chi connectivity index (χ4n) is 1.53. The Labute approximate surface area is 82.3 Å². The lowest BCUT2D eigenvalue weighted by molar-refractivity contribution is 0.496. The molecule has 0 heterocycles. The van der Waals surface area contributed by atoms with Crippen molar-refractivity contribution in [1.82, 2.24) is 5.32 Å². The Kier molecular flexibility index (Phi) is 5.40. The summed E-state index contributed by atoms with van der Waals surface area (Å²) in [6.45, 7) is 5.46. The summed E-state index contributed by atoms with van der Waals surface area (Å²) in [5.74, 6) is 1.76. The fraction of sp³-hybridized carbons (Fsp3) is 1.00. The molecule has 0 radical (unpaired) electrons. The Hall–Kier alpha value is -0.0800. The average Bonchev–Trinajstić information content (AvgIpc) is 2.94. The molecule has 1 unspecified atom stereocenters. The van der Waals surface area contributed by atoms with Crippen molar-refractivity contribution in [3.63, 3.8) is 0 Å². The molecule has 3 N–H and O–H groups in total. The zero-order valence-corrected chi connectivity index (χ0v) is 8.89. The molecule has 1 atom stereocenters. The minimum Gasteiger partial charge on any atom is -0.330 e. The third-order valence-corrected chi connectivity index (χ3v) is 2.88. The highest BCUT2D eigenvalue weighted by Gasteiger charge is 2.19. The summed E-state index contributed by atoms with van der Waals surface area (Å²) in [6.07, 6.45) is 6.90. The minimum atomic E-state index is 0.699. The number of rotatable bonds is 8. The first kappa shape index (κ1) is 11.0. The van der Waals surface area contributed by atoms with E-state index >= 15 is 0 Å². The SMILES string of the molecule is CC(CN)CCCNCCC1CC1. The van der Waals surface area contributed by atoms with Gasteiger partial charge in [0.05, 0.1) is 0 Å². The minimum absolute atomic E-state index is 0.699. The molecule has 0 saturated heterocycles. The molecule has 1 fully saturated rings. The number of hydrogen-bond acceptors (Lipinski definition) is 2. The molecule has 13 heavy (non-hydrogen) atoms. The molecule has 0 aromatic rings. The van der Waals surface area contributed by atoms with Gasteiger partial charge in [-0.05, 0) is 50.7 Å². The van der Waals surface area contributed by atoms with Crippen LogP contribution in [0, 0.1) is 11.8 Å². The van der Waals surface area contributed by atoms with E-state index in [9.17, 15) is 0 Å². The van der Waals surface area contributed by atoms with Crippen molar-refractivity contribution in [1.29, 1.82) is 0 Å². The van der Waals surface area contributed by atoms with Crippen LogP contribution in [0.3, 0.4) is 0 Å². The first-order valence-corrected chi connectivity index (χ1v) is 5.73. The third-order valence-electron chi connectivity index (χ3n) is 2.88. The molecule has 0 aromatic carbocycles. The summed E-state index contributed by atoms with van der Waals surface area (Å²) in [7, 11) is 0. The molecule has 78 valence electrons. The number of nitrogens with two attached hydrogens (primary N) is 1. The van der Waals surface area contributed by atoms with Gasteiger partial charge in [0, 0.05) is 0 Å². The van der Waals surface area contributed by atoms with Gasteiger partial charge < -0.3 is 11.1 Å². The highest BCUT2D eigenvalue weighted by molar-refractivity contribution is 4.73. The van der Waals surface area contributed by atoms with E-state index in [2.05, 4.69) is 12.2 Å². The summed E-state index contributed by atoms with van der Waals surface area (Å²) < 4.78 is 0. The number of nitrogens with one attached hydrogen (secondary N) is 1. The van der Waals surface area contributed by atoms with Gasteiger partial charge in [0.2, 0.25) is 0 Å². The highest BCUT2D eigenvalue weighted by atomic mass is 14.8. The molecule has 0 spiro atoms. The van der Waals surface area contributed by atoms with Gasteiger partial charge in [-0.25, -0.2) is 0 Å². The van der Waals surface area contributed by atoms with E-state index < -0.39 is 0 Å². The summed E-state index contributed by atoms with van der Waals surface area (Å²) in [5, 5.41) is 3.50. The topological polar surface area (TPSA) is 38.0 Å². The van der Waals surface area contributed by atoms with Crippen molar-refractivity contribution in [2.45, 2.75) is 39.0 Å². The summed E-state index contributed by atoms with van der Waals surface area (Å²) >= 11 is 0. The Morgan fingerprint density at radius 3 is 2.77 bits per heavy atom. The van der Waals surface area contributed by atoms with Crippen LogP contribution in [0.1, 0.15) is 39.0 Å². The first-order chi connectivity index (χ1) is 6.33. The average molecular weight is 184 g/mol. The van der Waals surface area contributed by atoms with Crippen LogP contribution in [-0.4, -0.2) is 19.6 Å². The van der Waals surface area contributed by atoms with Gasteiger partial charge in [0.15, 0.2) is 0 Å². The molecule has 0 amide bonds. The fourth-order valence-corrected chi connectivity index (χ4v) is 1.53. The van der Waals surface area contributed by atoms with Crippen LogP contribution in [0.25, 0.3) is 0 Å². The van der Waals surface area contributed by atoms with Crippen LogP contribution in [0.4, 0.5) is 0 Å². The standard InChI is InChI=1S/C11H24N2/c1-10(9-12)3-2-7-13-8-6-11-4-5-11/h10-11,13H,2-9,12H2,1H3. The maximum atomic E-state index is 5.54. The Balaban J connectivity index is 1.72. The van der Waals surface area contributed by atoms with Gasteiger partial charge in [0.1, 0.15) is 0 Å². The van der Waals surface area contributed by atoms with Crippen LogP contribution < -0.4 is 11.1 Å². The second kappa shape index (κ2) is 6.39. The normalized spacial score (nSPS) is 18.9. The van der Waals surface area contributed by atoms with Gasteiger partial charge in [-0.1, -0.05) is 19.8 Å². The van der Waals surface area contributed by atoms with Crippen molar-refractivity contribution in [2.75, 3.05) is 19.6 Å². The summed E-state index contributed by atoms with van der Waals surface area (Å²) in [4.78, 5) is 0. The second-order valence-electron chi connectivity index (χ2n) is 4.47. The van der Waals surface area contributed by atoms with Crippen LogP contribution in [0.2, 0.25) is 0 Å². The second-order valence-corrected chi connectivity index (χ2v) is 4.47. The van der Waals surface area contributed by atoms with Crippen molar-refractivity contribution in [2.24, 2.45) is 17.6 Å². The van der Waals surface area contributed by atoms with E-state index in [-0.39, 0.29) is 0 Å². The Bertz CT molecular complexity index is 121.